The Morgan fingerprint density at radius 2 is 2.04 bits per heavy atom. The maximum atomic E-state index is 12.2. The van der Waals surface area contributed by atoms with Crippen LogP contribution in [0.1, 0.15) is 42.1 Å². The molecule has 2 amide bonds. The van der Waals surface area contributed by atoms with Gasteiger partial charge < -0.3 is 5.32 Å². The number of nitrogens with zero attached hydrogens (tertiary/aromatic N) is 3. The number of benzene rings is 1. The quantitative estimate of drug-likeness (QED) is 0.829. The SMILES string of the molecule is CCCCNC(=O)c1ccc(CN2C(=O)CCn3nccc32)cc1. The number of hydrogen-bond donors (Lipinski definition) is 1. The molecule has 1 aromatic heterocycles. The van der Waals surface area contributed by atoms with E-state index in [1.807, 2.05) is 35.0 Å². The highest BCUT2D eigenvalue weighted by atomic mass is 16.2. The minimum atomic E-state index is -0.0536. The van der Waals surface area contributed by atoms with Crippen LogP contribution in [0.15, 0.2) is 36.5 Å². The van der Waals surface area contributed by atoms with Crippen LogP contribution >= 0.6 is 0 Å². The first kappa shape index (κ1) is 16.2. The van der Waals surface area contributed by atoms with Crippen LogP contribution in [0.25, 0.3) is 0 Å². The standard InChI is InChI=1S/C18H22N4O2/c1-2-3-10-19-18(24)15-6-4-14(5-7-15)13-21-16-8-11-20-22(16)12-9-17(21)23/h4-8,11H,2-3,9-10,12-13H2,1H3,(H,19,24). The van der Waals surface area contributed by atoms with Gasteiger partial charge in [0.25, 0.3) is 5.91 Å². The first-order valence-electron chi connectivity index (χ1n) is 8.38. The van der Waals surface area contributed by atoms with Gasteiger partial charge in [0, 0.05) is 24.6 Å². The average molecular weight is 326 g/mol. The van der Waals surface area contributed by atoms with Crippen molar-refractivity contribution >= 4 is 17.6 Å². The van der Waals surface area contributed by atoms with Gasteiger partial charge in [-0.05, 0) is 24.1 Å². The van der Waals surface area contributed by atoms with E-state index in [1.54, 1.807) is 11.1 Å². The van der Waals surface area contributed by atoms with Crippen molar-refractivity contribution in [2.75, 3.05) is 11.4 Å². The van der Waals surface area contributed by atoms with Gasteiger partial charge in [0.15, 0.2) is 0 Å². The molecule has 0 saturated heterocycles. The van der Waals surface area contributed by atoms with Gasteiger partial charge in [0.2, 0.25) is 5.91 Å². The van der Waals surface area contributed by atoms with Gasteiger partial charge in [-0.25, -0.2) is 4.68 Å². The van der Waals surface area contributed by atoms with E-state index in [4.69, 9.17) is 0 Å². The molecule has 1 aliphatic rings. The fourth-order valence-corrected chi connectivity index (χ4v) is 2.79. The monoisotopic (exact) mass is 326 g/mol. The molecule has 2 aromatic rings. The molecule has 0 aliphatic carbocycles. The molecule has 1 aliphatic heterocycles. The number of aryl methyl sites for hydroxylation is 1. The Bertz CT molecular complexity index is 721. The molecule has 6 heteroatoms. The summed E-state index contributed by atoms with van der Waals surface area (Å²) < 4.78 is 1.84. The molecular weight excluding hydrogens is 304 g/mol. The molecule has 1 aromatic carbocycles. The van der Waals surface area contributed by atoms with Crippen LogP contribution in [0.2, 0.25) is 0 Å². The van der Waals surface area contributed by atoms with Gasteiger partial charge in [0.05, 0.1) is 19.3 Å². The van der Waals surface area contributed by atoms with Crippen molar-refractivity contribution < 1.29 is 9.59 Å². The lowest BCUT2D eigenvalue weighted by atomic mass is 10.1. The minimum Gasteiger partial charge on any atom is -0.352 e. The number of unbranched alkanes of at least 4 members (excludes halogenated alkanes) is 1. The van der Waals surface area contributed by atoms with Crippen LogP contribution in [0.3, 0.4) is 0 Å². The number of hydrogen-bond acceptors (Lipinski definition) is 3. The van der Waals surface area contributed by atoms with Crippen LogP contribution in [-0.2, 0) is 17.9 Å². The first-order chi connectivity index (χ1) is 11.7. The van der Waals surface area contributed by atoms with E-state index in [2.05, 4.69) is 17.3 Å². The zero-order valence-corrected chi connectivity index (χ0v) is 13.9. The highest BCUT2D eigenvalue weighted by Gasteiger charge is 2.24. The number of rotatable bonds is 6. The second-order valence-corrected chi connectivity index (χ2v) is 5.95. The Morgan fingerprint density at radius 1 is 1.25 bits per heavy atom. The van der Waals surface area contributed by atoms with E-state index in [1.165, 1.54) is 0 Å². The average Bonchev–Trinajstić information content (AvgIpc) is 3.07. The molecule has 1 N–H and O–H groups in total. The highest BCUT2D eigenvalue weighted by molar-refractivity contribution is 5.95. The van der Waals surface area contributed by atoms with Gasteiger partial charge in [-0.2, -0.15) is 5.10 Å². The summed E-state index contributed by atoms with van der Waals surface area (Å²) in [6.45, 7) is 3.91. The van der Waals surface area contributed by atoms with Crippen LogP contribution in [0.5, 0.6) is 0 Å². The van der Waals surface area contributed by atoms with Crippen LogP contribution in [-0.4, -0.2) is 28.1 Å². The van der Waals surface area contributed by atoms with Crippen LogP contribution < -0.4 is 10.2 Å². The Labute approximate surface area is 141 Å². The Hall–Kier alpha value is -2.63. The molecule has 126 valence electrons. The molecule has 0 bridgehead atoms. The molecule has 24 heavy (non-hydrogen) atoms. The molecule has 6 nitrogen and oxygen atoms in total. The maximum absolute atomic E-state index is 12.2. The molecule has 0 fully saturated rings. The second kappa shape index (κ2) is 7.29. The van der Waals surface area contributed by atoms with Crippen molar-refractivity contribution in [2.45, 2.75) is 39.3 Å². The number of anilines is 1. The smallest absolute Gasteiger partial charge is 0.251 e. The number of carbonyl (C=O) groups is 2. The second-order valence-electron chi connectivity index (χ2n) is 5.95. The largest absolute Gasteiger partial charge is 0.352 e. The first-order valence-corrected chi connectivity index (χ1v) is 8.38. The lowest BCUT2D eigenvalue weighted by molar-refractivity contribution is -0.119. The third kappa shape index (κ3) is 3.48. The van der Waals surface area contributed by atoms with Crippen molar-refractivity contribution in [1.29, 1.82) is 0 Å². The van der Waals surface area contributed by atoms with Gasteiger partial charge in [-0.15, -0.1) is 0 Å². The maximum Gasteiger partial charge on any atom is 0.251 e. The number of aromatic nitrogens is 2. The van der Waals surface area contributed by atoms with Gasteiger partial charge in [-0.1, -0.05) is 25.5 Å². The molecule has 0 saturated carbocycles. The molecular formula is C18H22N4O2. The molecule has 0 unspecified atom stereocenters. The summed E-state index contributed by atoms with van der Waals surface area (Å²) in [5, 5.41) is 7.13. The topological polar surface area (TPSA) is 67.2 Å². The minimum absolute atomic E-state index is 0.0536. The lowest BCUT2D eigenvalue weighted by Gasteiger charge is -2.27. The summed E-state index contributed by atoms with van der Waals surface area (Å²) >= 11 is 0. The Morgan fingerprint density at radius 3 is 2.79 bits per heavy atom. The third-order valence-electron chi connectivity index (χ3n) is 4.18. The van der Waals surface area contributed by atoms with E-state index in [0.717, 1.165) is 24.2 Å². The van der Waals surface area contributed by atoms with Crippen molar-refractivity contribution in [3.05, 3.63) is 47.7 Å². The molecule has 2 heterocycles. The number of fused-ring (bicyclic) bond motifs is 1. The predicted octanol–water partition coefficient (Wildman–Crippen LogP) is 2.35. The van der Waals surface area contributed by atoms with E-state index in [9.17, 15) is 9.59 Å². The summed E-state index contributed by atoms with van der Waals surface area (Å²) in [7, 11) is 0. The fourth-order valence-electron chi connectivity index (χ4n) is 2.79. The van der Waals surface area contributed by atoms with Crippen molar-refractivity contribution in [3.63, 3.8) is 0 Å². The molecule has 3 rings (SSSR count). The number of amides is 2. The summed E-state index contributed by atoms with van der Waals surface area (Å²) in [5.74, 6) is 0.874. The summed E-state index contributed by atoms with van der Waals surface area (Å²) in [6, 6.07) is 9.27. The van der Waals surface area contributed by atoms with Crippen LogP contribution in [0, 0.1) is 0 Å². The Kier molecular flexibility index (Phi) is 4.93. The van der Waals surface area contributed by atoms with Crippen molar-refractivity contribution in [3.8, 4) is 0 Å². The van der Waals surface area contributed by atoms with Gasteiger partial charge in [-0.3, -0.25) is 14.5 Å². The number of nitrogens with one attached hydrogen (secondary N) is 1. The van der Waals surface area contributed by atoms with E-state index in [0.29, 0.717) is 31.6 Å². The summed E-state index contributed by atoms with van der Waals surface area (Å²) in [4.78, 5) is 26.0. The summed E-state index contributed by atoms with van der Waals surface area (Å²) in [6.07, 6.45) is 4.21. The predicted molar refractivity (Wildman–Crippen MR) is 91.7 cm³/mol. The lowest BCUT2D eigenvalue weighted by Crippen LogP contribution is -2.36. The van der Waals surface area contributed by atoms with Gasteiger partial charge >= 0.3 is 0 Å². The summed E-state index contributed by atoms with van der Waals surface area (Å²) in [5.41, 5.74) is 1.63. The van der Waals surface area contributed by atoms with Crippen molar-refractivity contribution in [1.82, 2.24) is 15.1 Å². The number of carbonyl (C=O) groups excluding carboxylic acids is 2. The van der Waals surface area contributed by atoms with E-state index in [-0.39, 0.29) is 11.8 Å². The van der Waals surface area contributed by atoms with E-state index < -0.39 is 0 Å². The molecule has 0 radical (unpaired) electrons. The normalized spacial score (nSPS) is 13.7. The Balaban J connectivity index is 1.67. The third-order valence-corrected chi connectivity index (χ3v) is 4.18. The highest BCUT2D eigenvalue weighted by Crippen LogP contribution is 2.22. The molecule has 0 atom stereocenters. The zero-order chi connectivity index (χ0) is 16.9. The van der Waals surface area contributed by atoms with E-state index >= 15 is 0 Å². The van der Waals surface area contributed by atoms with Gasteiger partial charge in [0.1, 0.15) is 5.82 Å². The van der Waals surface area contributed by atoms with Crippen LogP contribution in [0.4, 0.5) is 5.82 Å². The van der Waals surface area contributed by atoms with Crippen molar-refractivity contribution in [2.24, 2.45) is 0 Å². The molecule has 0 spiro atoms. The zero-order valence-electron chi connectivity index (χ0n) is 13.9. The fraction of sp³-hybridized carbons (Fsp3) is 0.389.